The van der Waals surface area contributed by atoms with Gasteiger partial charge in [-0.3, -0.25) is 5.10 Å². The Balaban J connectivity index is 1.59. The van der Waals surface area contributed by atoms with Crippen molar-refractivity contribution in [1.82, 2.24) is 29.4 Å². The Morgan fingerprint density at radius 3 is 2.71 bits per heavy atom. The number of aromatic amines is 1. The number of H-pyrrole nitrogens is 1. The molecule has 0 bridgehead atoms. The van der Waals surface area contributed by atoms with Crippen molar-refractivity contribution in [3.63, 3.8) is 0 Å². The highest BCUT2D eigenvalue weighted by Gasteiger charge is 2.23. The number of fused-ring (bicyclic) bond motifs is 2. The summed E-state index contributed by atoms with van der Waals surface area (Å²) < 4.78 is 33.0. The van der Waals surface area contributed by atoms with Gasteiger partial charge in [-0.15, -0.1) is 11.3 Å². The molecule has 1 fully saturated rings. The Morgan fingerprint density at radius 2 is 1.97 bits per heavy atom. The van der Waals surface area contributed by atoms with Gasteiger partial charge < -0.3 is 14.5 Å². The SMILES string of the molecule is CN(C)CCN(Cc1cc2nc(-c3cccc4[nH]ncc34)nc(N3CCOCC3)c2s1)S(C)(=O)=O. The van der Waals surface area contributed by atoms with Crippen LogP contribution in [0.4, 0.5) is 5.82 Å². The lowest BCUT2D eigenvalue weighted by molar-refractivity contribution is 0.122. The number of likely N-dealkylation sites (N-methyl/N-ethyl adjacent to an activating group) is 1. The lowest BCUT2D eigenvalue weighted by Gasteiger charge is -2.28. The Kier molecular flexibility index (Phi) is 6.73. The maximum absolute atomic E-state index is 12.5. The second-order valence-corrected chi connectivity index (χ2v) is 12.1. The van der Waals surface area contributed by atoms with Crippen molar-refractivity contribution < 1.29 is 13.2 Å². The summed E-state index contributed by atoms with van der Waals surface area (Å²) in [5, 5.41) is 8.15. The van der Waals surface area contributed by atoms with Crippen molar-refractivity contribution in [3.05, 3.63) is 35.3 Å². The average Bonchev–Trinajstić information content (AvgIpc) is 3.47. The number of aromatic nitrogens is 4. The summed E-state index contributed by atoms with van der Waals surface area (Å²) in [6, 6.07) is 7.94. The van der Waals surface area contributed by atoms with E-state index in [1.165, 1.54) is 10.6 Å². The van der Waals surface area contributed by atoms with Gasteiger partial charge in [-0.25, -0.2) is 18.4 Å². The first-order valence-electron chi connectivity index (χ1n) is 11.4. The molecule has 1 aliphatic rings. The molecule has 0 aliphatic carbocycles. The number of morpholine rings is 1. The van der Waals surface area contributed by atoms with Gasteiger partial charge in [0.25, 0.3) is 0 Å². The van der Waals surface area contributed by atoms with Crippen LogP contribution in [-0.2, 0) is 21.3 Å². The van der Waals surface area contributed by atoms with E-state index in [9.17, 15) is 8.42 Å². The van der Waals surface area contributed by atoms with Gasteiger partial charge >= 0.3 is 0 Å². The van der Waals surface area contributed by atoms with Gasteiger partial charge in [0.2, 0.25) is 10.0 Å². The van der Waals surface area contributed by atoms with Crippen molar-refractivity contribution >= 4 is 48.3 Å². The average molecular weight is 516 g/mol. The Hall–Kier alpha value is -2.64. The maximum atomic E-state index is 12.5. The molecule has 1 aromatic carbocycles. The van der Waals surface area contributed by atoms with Crippen LogP contribution < -0.4 is 4.90 Å². The van der Waals surface area contributed by atoms with Gasteiger partial charge in [0.15, 0.2) is 11.6 Å². The second kappa shape index (κ2) is 9.78. The minimum Gasteiger partial charge on any atom is -0.378 e. The molecule has 0 spiro atoms. The molecular weight excluding hydrogens is 486 g/mol. The number of anilines is 1. The van der Waals surface area contributed by atoms with E-state index in [0.29, 0.717) is 38.7 Å². The molecule has 0 saturated carbocycles. The molecule has 0 atom stereocenters. The van der Waals surface area contributed by atoms with E-state index in [-0.39, 0.29) is 0 Å². The first-order valence-corrected chi connectivity index (χ1v) is 14.1. The molecule has 12 heteroatoms. The van der Waals surface area contributed by atoms with Crippen molar-refractivity contribution in [1.29, 1.82) is 0 Å². The number of thiophene rings is 1. The van der Waals surface area contributed by atoms with E-state index >= 15 is 0 Å². The molecule has 4 aromatic rings. The maximum Gasteiger partial charge on any atom is 0.211 e. The Morgan fingerprint density at radius 1 is 1.17 bits per heavy atom. The van der Waals surface area contributed by atoms with E-state index in [1.807, 2.05) is 43.3 Å². The molecular formula is C23H29N7O3S2. The highest BCUT2D eigenvalue weighted by molar-refractivity contribution is 7.88. The van der Waals surface area contributed by atoms with E-state index in [2.05, 4.69) is 15.1 Å². The monoisotopic (exact) mass is 515 g/mol. The number of ether oxygens (including phenoxy) is 1. The Bertz CT molecular complexity index is 1440. The molecule has 0 amide bonds. The molecule has 0 unspecified atom stereocenters. The number of nitrogens with one attached hydrogen (secondary N) is 1. The summed E-state index contributed by atoms with van der Waals surface area (Å²) in [6.07, 6.45) is 3.05. The zero-order valence-corrected chi connectivity index (χ0v) is 21.7. The Labute approximate surface area is 208 Å². The number of sulfonamides is 1. The normalized spacial score (nSPS) is 15.2. The van der Waals surface area contributed by atoms with E-state index in [4.69, 9.17) is 14.7 Å². The van der Waals surface area contributed by atoms with Crippen LogP contribution in [0.25, 0.3) is 32.5 Å². The number of rotatable bonds is 8. The fraction of sp³-hybridized carbons (Fsp3) is 0.435. The molecule has 1 N–H and O–H groups in total. The summed E-state index contributed by atoms with van der Waals surface area (Å²) in [7, 11) is 0.517. The zero-order chi connectivity index (χ0) is 24.6. The van der Waals surface area contributed by atoms with Gasteiger partial charge in [0.05, 0.1) is 41.4 Å². The lowest BCUT2D eigenvalue weighted by atomic mass is 10.1. The van der Waals surface area contributed by atoms with E-state index in [0.717, 1.165) is 50.5 Å². The predicted molar refractivity (Wildman–Crippen MR) is 139 cm³/mol. The number of hydrogen-bond acceptors (Lipinski definition) is 9. The lowest BCUT2D eigenvalue weighted by Crippen LogP contribution is -2.36. The summed E-state index contributed by atoms with van der Waals surface area (Å²) in [5.41, 5.74) is 2.65. The van der Waals surface area contributed by atoms with E-state index < -0.39 is 10.0 Å². The van der Waals surface area contributed by atoms with Gasteiger partial charge in [-0.05, 0) is 26.2 Å². The van der Waals surface area contributed by atoms with E-state index in [1.54, 1.807) is 17.5 Å². The second-order valence-electron chi connectivity index (χ2n) is 8.93. The minimum absolute atomic E-state index is 0.308. The molecule has 4 heterocycles. The quantitative estimate of drug-likeness (QED) is 0.381. The number of benzene rings is 1. The van der Waals surface area contributed by atoms with Gasteiger partial charge in [0, 0.05) is 48.6 Å². The molecule has 35 heavy (non-hydrogen) atoms. The van der Waals surface area contributed by atoms with Crippen LogP contribution in [0, 0.1) is 0 Å². The van der Waals surface area contributed by atoms with Crippen LogP contribution in [-0.4, -0.2) is 97.5 Å². The molecule has 10 nitrogen and oxygen atoms in total. The minimum atomic E-state index is -3.36. The third-order valence-electron chi connectivity index (χ3n) is 6.04. The molecule has 3 aromatic heterocycles. The van der Waals surface area contributed by atoms with Gasteiger partial charge in [-0.2, -0.15) is 9.40 Å². The van der Waals surface area contributed by atoms with Gasteiger partial charge in [0.1, 0.15) is 0 Å². The van der Waals surface area contributed by atoms with Crippen LogP contribution in [0.5, 0.6) is 0 Å². The molecule has 1 saturated heterocycles. The van der Waals surface area contributed by atoms with Gasteiger partial charge in [-0.1, -0.05) is 12.1 Å². The molecule has 1 aliphatic heterocycles. The van der Waals surface area contributed by atoms with Crippen molar-refractivity contribution in [2.24, 2.45) is 0 Å². The topological polar surface area (TPSA) is 108 Å². The van der Waals surface area contributed by atoms with Crippen molar-refractivity contribution in [3.8, 4) is 11.4 Å². The van der Waals surface area contributed by atoms with Crippen LogP contribution >= 0.6 is 11.3 Å². The first-order chi connectivity index (χ1) is 16.8. The first kappa shape index (κ1) is 24.1. The summed E-state index contributed by atoms with van der Waals surface area (Å²) in [6.45, 7) is 4.15. The third kappa shape index (κ3) is 5.16. The molecule has 0 radical (unpaired) electrons. The summed E-state index contributed by atoms with van der Waals surface area (Å²) in [5.74, 6) is 1.49. The van der Waals surface area contributed by atoms with Crippen molar-refractivity contribution in [2.45, 2.75) is 6.54 Å². The fourth-order valence-corrected chi connectivity index (χ4v) is 6.16. The molecule has 5 rings (SSSR count). The predicted octanol–water partition coefficient (Wildman–Crippen LogP) is 2.39. The fourth-order valence-electron chi connectivity index (χ4n) is 4.16. The largest absolute Gasteiger partial charge is 0.378 e. The van der Waals surface area contributed by atoms with Crippen LogP contribution in [0.2, 0.25) is 0 Å². The van der Waals surface area contributed by atoms with Crippen LogP contribution in [0.15, 0.2) is 30.5 Å². The van der Waals surface area contributed by atoms with Crippen LogP contribution in [0.1, 0.15) is 4.88 Å². The summed E-state index contributed by atoms with van der Waals surface area (Å²) >= 11 is 1.56. The molecule has 186 valence electrons. The standard InChI is InChI=1S/C23H29N7O3S2/c1-28(2)7-8-30(35(3,31)32)15-16-13-20-21(34-16)23(29-9-11-33-12-10-29)26-22(25-20)17-5-4-6-19-18(17)14-24-27-19/h4-6,13-14H,7-12,15H2,1-3H3,(H,24,27). The van der Waals surface area contributed by atoms with Crippen molar-refractivity contribution in [2.75, 3.05) is 64.6 Å². The highest BCUT2D eigenvalue weighted by atomic mass is 32.2. The number of hydrogen-bond donors (Lipinski definition) is 1. The number of nitrogens with zero attached hydrogens (tertiary/aromatic N) is 6. The van der Waals surface area contributed by atoms with Crippen LogP contribution in [0.3, 0.4) is 0 Å². The zero-order valence-electron chi connectivity index (χ0n) is 20.1. The third-order valence-corrected chi connectivity index (χ3v) is 8.39. The smallest absolute Gasteiger partial charge is 0.211 e. The highest BCUT2D eigenvalue weighted by Crippen LogP contribution is 2.36. The summed E-state index contributed by atoms with van der Waals surface area (Å²) in [4.78, 5) is 15.1.